The van der Waals surface area contributed by atoms with E-state index in [4.69, 9.17) is 11.6 Å². The zero-order valence-corrected chi connectivity index (χ0v) is 12.8. The molecule has 0 radical (unpaired) electrons. The average molecular weight is 286 g/mol. The van der Waals surface area contributed by atoms with E-state index in [0.29, 0.717) is 11.7 Å². The van der Waals surface area contributed by atoms with Gasteiger partial charge in [0.15, 0.2) is 0 Å². The molecule has 1 heterocycles. The third kappa shape index (κ3) is 3.12. The molecule has 19 heavy (non-hydrogen) atoms. The van der Waals surface area contributed by atoms with E-state index in [9.17, 15) is 5.11 Å². The van der Waals surface area contributed by atoms with Crippen LogP contribution in [0.1, 0.15) is 43.9 Å². The lowest BCUT2D eigenvalue weighted by Crippen LogP contribution is -2.43. The highest BCUT2D eigenvalue weighted by molar-refractivity contribution is 6.30. The summed E-state index contributed by atoms with van der Waals surface area (Å²) in [5.74, 6) is 0. The first-order valence-electron chi connectivity index (χ1n) is 7.01. The number of aryl methyl sites for hydroxylation is 2. The summed E-state index contributed by atoms with van der Waals surface area (Å²) in [4.78, 5) is 0. The average Bonchev–Trinajstić information content (AvgIpc) is 2.60. The standard InChI is InChI=1S/C14H24ClN3O/c1-10-11(13(15)18(3)17-10)8-16-9-14(2)7-5-4-6-12(14)19/h12,16,19H,4-9H2,1-3H3. The molecule has 0 aromatic carbocycles. The molecular formula is C14H24ClN3O. The Balaban J connectivity index is 1.92. The molecule has 5 heteroatoms. The lowest BCUT2D eigenvalue weighted by atomic mass is 9.73. The van der Waals surface area contributed by atoms with Crippen LogP contribution in [-0.2, 0) is 13.6 Å². The Labute approximate surface area is 120 Å². The topological polar surface area (TPSA) is 50.1 Å². The summed E-state index contributed by atoms with van der Waals surface area (Å²) in [6.45, 7) is 5.67. The second-order valence-corrected chi connectivity index (χ2v) is 6.36. The Hall–Kier alpha value is -0.580. The Morgan fingerprint density at radius 2 is 2.26 bits per heavy atom. The molecule has 0 aliphatic heterocycles. The van der Waals surface area contributed by atoms with Gasteiger partial charge in [0, 0.05) is 31.1 Å². The number of rotatable bonds is 4. The van der Waals surface area contributed by atoms with E-state index in [0.717, 1.165) is 37.1 Å². The van der Waals surface area contributed by atoms with Crippen molar-refractivity contribution in [2.45, 2.75) is 52.2 Å². The van der Waals surface area contributed by atoms with Gasteiger partial charge in [-0.05, 0) is 19.8 Å². The molecule has 1 aliphatic carbocycles. The molecule has 2 N–H and O–H groups in total. The second-order valence-electron chi connectivity index (χ2n) is 6.00. The molecular weight excluding hydrogens is 262 g/mol. The van der Waals surface area contributed by atoms with Gasteiger partial charge in [-0.25, -0.2) is 0 Å². The molecule has 2 rings (SSSR count). The van der Waals surface area contributed by atoms with E-state index in [1.165, 1.54) is 6.42 Å². The molecule has 108 valence electrons. The van der Waals surface area contributed by atoms with E-state index >= 15 is 0 Å². The first-order chi connectivity index (χ1) is 8.94. The third-order valence-corrected chi connectivity index (χ3v) is 4.85. The summed E-state index contributed by atoms with van der Waals surface area (Å²) >= 11 is 6.21. The highest BCUT2D eigenvalue weighted by atomic mass is 35.5. The van der Waals surface area contributed by atoms with Crippen molar-refractivity contribution in [3.63, 3.8) is 0 Å². The van der Waals surface area contributed by atoms with Gasteiger partial charge in [-0.3, -0.25) is 4.68 Å². The van der Waals surface area contributed by atoms with Crippen molar-refractivity contribution >= 4 is 11.6 Å². The van der Waals surface area contributed by atoms with Gasteiger partial charge in [-0.1, -0.05) is 31.4 Å². The predicted molar refractivity (Wildman–Crippen MR) is 77.2 cm³/mol. The van der Waals surface area contributed by atoms with Crippen molar-refractivity contribution in [2.75, 3.05) is 6.54 Å². The SMILES string of the molecule is Cc1nn(C)c(Cl)c1CNCC1(C)CCCCC1O. The number of nitrogens with one attached hydrogen (secondary N) is 1. The number of halogens is 1. The van der Waals surface area contributed by atoms with Crippen molar-refractivity contribution < 1.29 is 5.11 Å². The Kier molecular flexibility index (Phi) is 4.54. The predicted octanol–water partition coefficient (Wildman–Crippen LogP) is 2.41. The van der Waals surface area contributed by atoms with Gasteiger partial charge in [0.1, 0.15) is 5.15 Å². The van der Waals surface area contributed by atoms with Crippen LogP contribution in [0.2, 0.25) is 5.15 Å². The zero-order valence-electron chi connectivity index (χ0n) is 12.0. The van der Waals surface area contributed by atoms with Crippen LogP contribution in [-0.4, -0.2) is 27.5 Å². The third-order valence-electron chi connectivity index (χ3n) is 4.38. The van der Waals surface area contributed by atoms with Crippen LogP contribution in [0.5, 0.6) is 0 Å². The molecule has 0 amide bonds. The van der Waals surface area contributed by atoms with Gasteiger partial charge in [-0.15, -0.1) is 0 Å². The van der Waals surface area contributed by atoms with Gasteiger partial charge >= 0.3 is 0 Å². The second kappa shape index (κ2) is 5.81. The summed E-state index contributed by atoms with van der Waals surface area (Å²) in [5, 5.41) is 18.6. The fourth-order valence-corrected chi connectivity index (χ4v) is 3.18. The molecule has 0 saturated heterocycles. The van der Waals surface area contributed by atoms with Crippen molar-refractivity contribution in [1.82, 2.24) is 15.1 Å². The molecule has 1 saturated carbocycles. The molecule has 2 unspecified atom stereocenters. The van der Waals surface area contributed by atoms with Crippen LogP contribution >= 0.6 is 11.6 Å². The molecule has 1 aromatic rings. The first kappa shape index (κ1) is 14.8. The van der Waals surface area contributed by atoms with Gasteiger partial charge in [0.2, 0.25) is 0 Å². The molecule has 4 nitrogen and oxygen atoms in total. The Morgan fingerprint density at radius 1 is 1.53 bits per heavy atom. The number of hydrogen-bond acceptors (Lipinski definition) is 3. The van der Waals surface area contributed by atoms with E-state index in [2.05, 4.69) is 17.3 Å². The summed E-state index contributed by atoms with van der Waals surface area (Å²) in [5.41, 5.74) is 2.01. The number of aromatic nitrogens is 2. The fourth-order valence-electron chi connectivity index (χ4n) is 2.94. The van der Waals surface area contributed by atoms with Gasteiger partial charge in [0.05, 0.1) is 11.8 Å². The van der Waals surface area contributed by atoms with Crippen LogP contribution in [0.4, 0.5) is 0 Å². The fraction of sp³-hybridized carbons (Fsp3) is 0.786. The van der Waals surface area contributed by atoms with Crippen LogP contribution < -0.4 is 5.32 Å². The number of hydrogen-bond donors (Lipinski definition) is 2. The van der Waals surface area contributed by atoms with Crippen LogP contribution in [0.3, 0.4) is 0 Å². The minimum atomic E-state index is -0.195. The Morgan fingerprint density at radius 3 is 2.84 bits per heavy atom. The number of nitrogens with zero attached hydrogens (tertiary/aromatic N) is 2. The summed E-state index contributed by atoms with van der Waals surface area (Å²) in [6, 6.07) is 0. The quantitative estimate of drug-likeness (QED) is 0.893. The normalized spacial score (nSPS) is 27.7. The zero-order chi connectivity index (χ0) is 14.0. The summed E-state index contributed by atoms with van der Waals surface area (Å²) in [6.07, 6.45) is 4.16. The van der Waals surface area contributed by atoms with Crippen LogP contribution in [0.25, 0.3) is 0 Å². The van der Waals surface area contributed by atoms with Crippen LogP contribution in [0.15, 0.2) is 0 Å². The van der Waals surface area contributed by atoms with Gasteiger partial charge in [-0.2, -0.15) is 5.10 Å². The van der Waals surface area contributed by atoms with Crippen molar-refractivity contribution in [1.29, 1.82) is 0 Å². The molecule has 0 bridgehead atoms. The summed E-state index contributed by atoms with van der Waals surface area (Å²) in [7, 11) is 1.85. The minimum Gasteiger partial charge on any atom is -0.393 e. The smallest absolute Gasteiger partial charge is 0.131 e. The van der Waals surface area contributed by atoms with Gasteiger partial charge < -0.3 is 10.4 Å². The monoisotopic (exact) mass is 285 g/mol. The van der Waals surface area contributed by atoms with Crippen molar-refractivity contribution in [3.8, 4) is 0 Å². The van der Waals surface area contributed by atoms with E-state index < -0.39 is 0 Å². The lowest BCUT2D eigenvalue weighted by molar-refractivity contribution is 0.00115. The first-order valence-corrected chi connectivity index (χ1v) is 7.38. The van der Waals surface area contributed by atoms with Crippen LogP contribution in [0, 0.1) is 12.3 Å². The van der Waals surface area contributed by atoms with Crippen molar-refractivity contribution in [3.05, 3.63) is 16.4 Å². The van der Waals surface area contributed by atoms with E-state index in [1.54, 1.807) is 4.68 Å². The molecule has 1 aliphatic rings. The van der Waals surface area contributed by atoms with Crippen molar-refractivity contribution in [2.24, 2.45) is 12.5 Å². The van der Waals surface area contributed by atoms with E-state index in [-0.39, 0.29) is 11.5 Å². The molecule has 0 spiro atoms. The summed E-state index contributed by atoms with van der Waals surface area (Å²) < 4.78 is 1.70. The number of aliphatic hydroxyl groups excluding tert-OH is 1. The highest BCUT2D eigenvalue weighted by Gasteiger charge is 2.34. The molecule has 1 aromatic heterocycles. The molecule has 1 fully saturated rings. The largest absolute Gasteiger partial charge is 0.393 e. The Bertz CT molecular complexity index is 446. The van der Waals surface area contributed by atoms with Gasteiger partial charge in [0.25, 0.3) is 0 Å². The maximum absolute atomic E-state index is 10.2. The number of aliphatic hydroxyl groups is 1. The highest BCUT2D eigenvalue weighted by Crippen LogP contribution is 2.35. The van der Waals surface area contributed by atoms with E-state index in [1.807, 2.05) is 14.0 Å². The lowest BCUT2D eigenvalue weighted by Gasteiger charge is -2.38. The maximum atomic E-state index is 10.2. The maximum Gasteiger partial charge on any atom is 0.131 e. The molecule has 2 atom stereocenters. The minimum absolute atomic E-state index is 0.0131.